The van der Waals surface area contributed by atoms with Crippen LogP contribution in [0.1, 0.15) is 43.7 Å². The Morgan fingerprint density at radius 1 is 1.17 bits per heavy atom. The lowest BCUT2D eigenvalue weighted by molar-refractivity contribution is 0.188. The number of fused-ring (bicyclic) bond motifs is 1. The molecular weight excluding hydrogens is 392 g/mol. The molecule has 0 unspecified atom stereocenters. The van der Waals surface area contributed by atoms with E-state index in [0.29, 0.717) is 30.0 Å². The van der Waals surface area contributed by atoms with E-state index in [2.05, 4.69) is 15.4 Å². The van der Waals surface area contributed by atoms with E-state index in [1.807, 2.05) is 4.90 Å². The third-order valence-corrected chi connectivity index (χ3v) is 5.82. The van der Waals surface area contributed by atoms with E-state index in [9.17, 15) is 13.6 Å². The zero-order valence-corrected chi connectivity index (χ0v) is 16.2. The maximum atomic E-state index is 14.4. The van der Waals surface area contributed by atoms with Crippen LogP contribution in [0.3, 0.4) is 0 Å². The number of amides is 1. The Hall–Kier alpha value is -3.23. The molecule has 2 fully saturated rings. The van der Waals surface area contributed by atoms with Crippen LogP contribution in [0.4, 0.5) is 19.4 Å². The van der Waals surface area contributed by atoms with Gasteiger partial charge in [-0.15, -0.1) is 0 Å². The highest BCUT2D eigenvalue weighted by Gasteiger charge is 2.30. The first-order valence-corrected chi connectivity index (χ1v) is 10.1. The summed E-state index contributed by atoms with van der Waals surface area (Å²) in [7, 11) is 0. The van der Waals surface area contributed by atoms with Gasteiger partial charge in [0, 0.05) is 24.3 Å². The van der Waals surface area contributed by atoms with Crippen molar-refractivity contribution < 1.29 is 18.3 Å². The molecular formula is C21H21F2N5O2. The van der Waals surface area contributed by atoms with Crippen molar-refractivity contribution in [1.82, 2.24) is 19.9 Å². The number of rotatable bonds is 4. The maximum Gasteiger partial charge on any atom is 0.413 e. The fourth-order valence-electron chi connectivity index (χ4n) is 4.05. The van der Waals surface area contributed by atoms with Crippen molar-refractivity contribution in [3.63, 3.8) is 0 Å². The molecule has 156 valence electrons. The number of nitrogens with one attached hydrogen (secondary N) is 1. The third kappa shape index (κ3) is 3.44. The summed E-state index contributed by atoms with van der Waals surface area (Å²) in [5, 5.41) is 6.99. The van der Waals surface area contributed by atoms with Crippen molar-refractivity contribution in [1.29, 1.82) is 0 Å². The number of hydrogen-bond acceptors (Lipinski definition) is 5. The normalized spacial score (nSPS) is 19.1. The summed E-state index contributed by atoms with van der Waals surface area (Å²) < 4.78 is 35.0. The lowest BCUT2D eigenvalue weighted by Gasteiger charge is -2.26. The van der Waals surface area contributed by atoms with Gasteiger partial charge in [-0.3, -0.25) is 0 Å². The molecule has 1 aliphatic heterocycles. The van der Waals surface area contributed by atoms with Gasteiger partial charge in [0.1, 0.15) is 17.5 Å². The standard InChI is InChI=1S/C21H21F2N5O2/c22-13-6-7-16(23)15(11-13)17-5-2-9-27(17)19-8-10-28-20(26-19)18(12-24-28)30-21(29)25-14-3-1-4-14/h6-8,10-12,14,17H,1-5,9H2,(H,25,29)/t17-/m1/s1. The summed E-state index contributed by atoms with van der Waals surface area (Å²) in [5.41, 5.74) is 0.709. The molecule has 3 heterocycles. The van der Waals surface area contributed by atoms with Crippen molar-refractivity contribution in [2.75, 3.05) is 11.4 Å². The second kappa shape index (κ2) is 7.55. The minimum absolute atomic E-state index is 0.161. The molecule has 1 N–H and O–H groups in total. The van der Waals surface area contributed by atoms with Gasteiger partial charge in [0.15, 0.2) is 5.75 Å². The first-order chi connectivity index (χ1) is 14.6. The number of anilines is 1. The Labute approximate surface area is 171 Å². The molecule has 9 heteroatoms. The van der Waals surface area contributed by atoms with Gasteiger partial charge >= 0.3 is 6.09 Å². The molecule has 2 aromatic heterocycles. The van der Waals surface area contributed by atoms with Gasteiger partial charge < -0.3 is 15.0 Å². The Kier molecular flexibility index (Phi) is 4.72. The fourth-order valence-corrected chi connectivity index (χ4v) is 4.05. The maximum absolute atomic E-state index is 14.4. The van der Waals surface area contributed by atoms with Gasteiger partial charge in [0.25, 0.3) is 0 Å². The highest BCUT2D eigenvalue weighted by atomic mass is 19.1. The van der Waals surface area contributed by atoms with Gasteiger partial charge in [-0.1, -0.05) is 0 Å². The van der Waals surface area contributed by atoms with Gasteiger partial charge in [0.05, 0.1) is 12.2 Å². The van der Waals surface area contributed by atoms with E-state index in [0.717, 1.165) is 37.8 Å². The van der Waals surface area contributed by atoms with E-state index in [1.54, 1.807) is 12.3 Å². The summed E-state index contributed by atoms with van der Waals surface area (Å²) in [6.07, 6.45) is 7.18. The molecule has 1 saturated heterocycles. The topological polar surface area (TPSA) is 71.8 Å². The second-order valence-corrected chi connectivity index (χ2v) is 7.74. The van der Waals surface area contributed by atoms with Crippen molar-refractivity contribution in [3.05, 3.63) is 53.9 Å². The van der Waals surface area contributed by atoms with E-state index in [-0.39, 0.29) is 17.8 Å². The van der Waals surface area contributed by atoms with Crippen molar-refractivity contribution in [2.45, 2.75) is 44.2 Å². The lowest BCUT2D eigenvalue weighted by Crippen LogP contribution is -2.41. The summed E-state index contributed by atoms with van der Waals surface area (Å²) in [6, 6.07) is 5.14. The van der Waals surface area contributed by atoms with E-state index in [1.165, 1.54) is 16.8 Å². The van der Waals surface area contributed by atoms with Crippen LogP contribution in [-0.2, 0) is 0 Å². The smallest absolute Gasteiger partial charge is 0.405 e. The number of benzene rings is 1. The van der Waals surface area contributed by atoms with Crippen LogP contribution < -0.4 is 15.0 Å². The van der Waals surface area contributed by atoms with E-state index < -0.39 is 17.7 Å². The summed E-state index contributed by atoms with van der Waals surface area (Å²) in [6.45, 7) is 0.663. The molecule has 1 saturated carbocycles. The number of ether oxygens (including phenoxy) is 1. The fraction of sp³-hybridized carbons (Fsp3) is 0.381. The van der Waals surface area contributed by atoms with Crippen LogP contribution in [0, 0.1) is 11.6 Å². The number of carbonyl (C=O) groups is 1. The largest absolute Gasteiger partial charge is 0.413 e. The molecule has 5 rings (SSSR count). The minimum Gasteiger partial charge on any atom is -0.405 e. The molecule has 1 aromatic carbocycles. The van der Waals surface area contributed by atoms with Gasteiger partial charge in [-0.2, -0.15) is 5.10 Å². The summed E-state index contributed by atoms with van der Waals surface area (Å²) >= 11 is 0. The highest BCUT2D eigenvalue weighted by molar-refractivity contribution is 5.73. The number of aromatic nitrogens is 3. The Bertz CT molecular complexity index is 1100. The molecule has 1 atom stereocenters. The Morgan fingerprint density at radius 3 is 2.83 bits per heavy atom. The van der Waals surface area contributed by atoms with E-state index >= 15 is 0 Å². The number of nitrogens with zero attached hydrogens (tertiary/aromatic N) is 4. The number of carbonyl (C=O) groups excluding carboxylic acids is 1. The van der Waals surface area contributed by atoms with Crippen LogP contribution in [0.25, 0.3) is 5.65 Å². The van der Waals surface area contributed by atoms with Crippen LogP contribution in [0.2, 0.25) is 0 Å². The number of halogens is 2. The molecule has 0 spiro atoms. The highest BCUT2D eigenvalue weighted by Crippen LogP contribution is 2.37. The van der Waals surface area contributed by atoms with Gasteiger partial charge in [-0.25, -0.2) is 23.1 Å². The average Bonchev–Trinajstić information content (AvgIpc) is 3.34. The Balaban J connectivity index is 1.42. The quantitative estimate of drug-likeness (QED) is 0.700. The predicted octanol–water partition coefficient (Wildman–Crippen LogP) is 3.99. The third-order valence-electron chi connectivity index (χ3n) is 5.82. The molecule has 1 amide bonds. The number of hydrogen-bond donors (Lipinski definition) is 1. The minimum atomic E-state index is -0.525. The van der Waals surface area contributed by atoms with Crippen LogP contribution in [0.5, 0.6) is 5.75 Å². The van der Waals surface area contributed by atoms with Gasteiger partial charge in [0.2, 0.25) is 5.65 Å². The first kappa shape index (κ1) is 18.8. The summed E-state index contributed by atoms with van der Waals surface area (Å²) in [5.74, 6) is -0.0548. The predicted molar refractivity (Wildman–Crippen MR) is 105 cm³/mol. The SMILES string of the molecule is O=C(NC1CCC1)Oc1cnn2ccc(N3CCC[C@@H]3c3cc(F)ccc3F)nc12. The molecule has 3 aromatic rings. The van der Waals surface area contributed by atoms with Crippen LogP contribution >= 0.6 is 0 Å². The molecule has 7 nitrogen and oxygen atoms in total. The molecule has 0 radical (unpaired) electrons. The molecule has 1 aliphatic carbocycles. The molecule has 30 heavy (non-hydrogen) atoms. The van der Waals surface area contributed by atoms with Crippen molar-refractivity contribution in [2.24, 2.45) is 0 Å². The average molecular weight is 413 g/mol. The van der Waals surface area contributed by atoms with Crippen LogP contribution in [0.15, 0.2) is 36.7 Å². The Morgan fingerprint density at radius 2 is 2.03 bits per heavy atom. The van der Waals surface area contributed by atoms with Crippen molar-refractivity contribution in [3.8, 4) is 5.75 Å². The van der Waals surface area contributed by atoms with Crippen molar-refractivity contribution >= 4 is 17.6 Å². The van der Waals surface area contributed by atoms with E-state index in [4.69, 9.17) is 4.74 Å². The lowest BCUT2D eigenvalue weighted by atomic mass is 9.93. The monoisotopic (exact) mass is 413 g/mol. The second-order valence-electron chi connectivity index (χ2n) is 7.74. The molecule has 0 bridgehead atoms. The molecule has 2 aliphatic rings. The van der Waals surface area contributed by atoms with Gasteiger partial charge in [-0.05, 0) is 56.4 Å². The zero-order valence-electron chi connectivity index (χ0n) is 16.2. The first-order valence-electron chi connectivity index (χ1n) is 10.1. The van der Waals surface area contributed by atoms with Crippen LogP contribution in [-0.4, -0.2) is 33.3 Å². The zero-order chi connectivity index (χ0) is 20.7. The summed E-state index contributed by atoms with van der Waals surface area (Å²) in [4.78, 5) is 18.7.